The van der Waals surface area contributed by atoms with Gasteiger partial charge in [0.2, 0.25) is 0 Å². The maximum atomic E-state index is 12.3. The molecule has 1 aromatic carbocycles. The Bertz CT molecular complexity index is 787. The molecule has 3 N–H and O–H groups in total. The van der Waals surface area contributed by atoms with E-state index in [1.54, 1.807) is 12.1 Å². The number of hydrogen-bond donors (Lipinski definition) is 3. The summed E-state index contributed by atoms with van der Waals surface area (Å²) in [5, 5.41) is 14.0. The van der Waals surface area contributed by atoms with Gasteiger partial charge in [-0.15, -0.1) is 0 Å². The fourth-order valence-corrected chi connectivity index (χ4v) is 3.10. The number of sulfonamides is 1. The predicted molar refractivity (Wildman–Crippen MR) is 77.0 cm³/mol. The minimum absolute atomic E-state index is 0.165. The van der Waals surface area contributed by atoms with E-state index in [0.717, 1.165) is 6.20 Å². The van der Waals surface area contributed by atoms with Crippen molar-refractivity contribution in [3.63, 3.8) is 0 Å². The van der Waals surface area contributed by atoms with E-state index in [9.17, 15) is 13.2 Å². The maximum Gasteiger partial charge on any atom is 0.340 e. The van der Waals surface area contributed by atoms with Gasteiger partial charge in [-0.25, -0.2) is 4.79 Å². The van der Waals surface area contributed by atoms with Crippen LogP contribution in [0.1, 0.15) is 10.4 Å². The molecule has 0 spiro atoms. The van der Waals surface area contributed by atoms with Crippen molar-refractivity contribution in [2.45, 2.75) is 5.03 Å². The number of ether oxygens (including phenoxy) is 1. The number of methoxy groups -OCH3 is 1. The number of aromatic amines is 1. The average molecular weight is 376 g/mol. The van der Waals surface area contributed by atoms with Crippen molar-refractivity contribution in [3.05, 3.63) is 34.4 Å². The molecule has 0 atom stereocenters. The van der Waals surface area contributed by atoms with Crippen LogP contribution in [0.3, 0.4) is 0 Å². The van der Waals surface area contributed by atoms with E-state index in [1.165, 1.54) is 13.2 Å². The number of aromatic nitrogens is 2. The van der Waals surface area contributed by atoms with E-state index in [1.807, 2.05) is 0 Å². The van der Waals surface area contributed by atoms with Crippen molar-refractivity contribution in [2.75, 3.05) is 11.8 Å². The molecule has 0 saturated carbocycles. The van der Waals surface area contributed by atoms with Crippen LogP contribution in [0.2, 0.25) is 0 Å². The third-order valence-corrected chi connectivity index (χ3v) is 4.34. The van der Waals surface area contributed by atoms with Crippen LogP contribution in [0.15, 0.2) is 33.9 Å². The molecular weight excluding hydrogens is 366 g/mol. The highest BCUT2D eigenvalue weighted by molar-refractivity contribution is 9.10. The Balaban J connectivity index is 2.45. The standard InChI is InChI=1S/C11H10BrN3O5S/c1-20-9-3-2-6(12)4-8(9)15-21(18,19)10-7(11(16)17)5-13-14-10/h2-5,15H,1H3,(H,13,14)(H,16,17). The lowest BCUT2D eigenvalue weighted by Gasteiger charge is -2.11. The molecule has 0 amide bonds. The van der Waals surface area contributed by atoms with Gasteiger partial charge in [0.25, 0.3) is 10.0 Å². The third kappa shape index (κ3) is 3.16. The monoisotopic (exact) mass is 375 g/mol. The summed E-state index contributed by atoms with van der Waals surface area (Å²) in [6, 6.07) is 4.73. The second-order valence-corrected chi connectivity index (χ2v) is 6.40. The van der Waals surface area contributed by atoms with E-state index in [0.29, 0.717) is 4.47 Å². The summed E-state index contributed by atoms with van der Waals surface area (Å²) in [5.41, 5.74) is -0.283. The quantitative estimate of drug-likeness (QED) is 0.730. The molecule has 0 bridgehead atoms. The summed E-state index contributed by atoms with van der Waals surface area (Å²) in [6.45, 7) is 0. The topological polar surface area (TPSA) is 121 Å². The van der Waals surface area contributed by atoms with Gasteiger partial charge in [-0.05, 0) is 18.2 Å². The van der Waals surface area contributed by atoms with Gasteiger partial charge in [0.05, 0.1) is 19.0 Å². The number of rotatable bonds is 5. The van der Waals surface area contributed by atoms with E-state index < -0.39 is 26.6 Å². The first-order valence-corrected chi connectivity index (χ1v) is 7.76. The first-order valence-electron chi connectivity index (χ1n) is 5.48. The van der Waals surface area contributed by atoms with Crippen LogP contribution in [0.4, 0.5) is 5.69 Å². The average Bonchev–Trinajstić information content (AvgIpc) is 2.88. The largest absolute Gasteiger partial charge is 0.495 e. The lowest BCUT2D eigenvalue weighted by molar-refractivity contribution is 0.0692. The molecule has 0 fully saturated rings. The van der Waals surface area contributed by atoms with Gasteiger partial charge < -0.3 is 9.84 Å². The predicted octanol–water partition coefficient (Wildman–Crippen LogP) is 1.68. The normalized spacial score (nSPS) is 11.1. The number of anilines is 1. The molecule has 21 heavy (non-hydrogen) atoms. The molecule has 10 heteroatoms. The molecule has 0 saturated heterocycles. The second-order valence-electron chi connectivity index (χ2n) is 3.87. The summed E-state index contributed by atoms with van der Waals surface area (Å²) in [7, 11) is -2.76. The molecule has 0 aliphatic rings. The van der Waals surface area contributed by atoms with Crippen molar-refractivity contribution in [3.8, 4) is 5.75 Å². The molecule has 0 radical (unpaired) electrons. The number of carboxylic acids is 1. The minimum atomic E-state index is -4.14. The Hall–Kier alpha value is -2.07. The Morgan fingerprint density at radius 3 is 2.81 bits per heavy atom. The van der Waals surface area contributed by atoms with Crippen molar-refractivity contribution >= 4 is 37.6 Å². The van der Waals surface area contributed by atoms with Gasteiger partial charge in [0.1, 0.15) is 11.3 Å². The van der Waals surface area contributed by atoms with E-state index >= 15 is 0 Å². The van der Waals surface area contributed by atoms with Crippen molar-refractivity contribution in [1.29, 1.82) is 0 Å². The fraction of sp³-hybridized carbons (Fsp3) is 0.0909. The number of hydrogen-bond acceptors (Lipinski definition) is 5. The Labute approximate surface area is 128 Å². The molecule has 1 heterocycles. The van der Waals surface area contributed by atoms with Crippen LogP contribution < -0.4 is 9.46 Å². The zero-order valence-electron chi connectivity index (χ0n) is 10.6. The Morgan fingerprint density at radius 2 is 2.19 bits per heavy atom. The van der Waals surface area contributed by atoms with Gasteiger partial charge in [-0.3, -0.25) is 9.82 Å². The highest BCUT2D eigenvalue weighted by atomic mass is 79.9. The number of nitrogens with zero attached hydrogens (tertiary/aromatic N) is 1. The molecule has 0 unspecified atom stereocenters. The van der Waals surface area contributed by atoms with Crippen LogP contribution >= 0.6 is 15.9 Å². The van der Waals surface area contributed by atoms with Crippen LogP contribution in [0.5, 0.6) is 5.75 Å². The summed E-state index contributed by atoms with van der Waals surface area (Å²) < 4.78 is 32.4. The molecular formula is C11H10BrN3O5S. The second kappa shape index (κ2) is 5.74. The SMILES string of the molecule is COc1ccc(Br)cc1NS(=O)(=O)c1[nH]ncc1C(=O)O. The van der Waals surface area contributed by atoms with Gasteiger partial charge >= 0.3 is 5.97 Å². The van der Waals surface area contributed by atoms with Crippen molar-refractivity contribution in [1.82, 2.24) is 10.2 Å². The van der Waals surface area contributed by atoms with Crippen LogP contribution in [-0.2, 0) is 10.0 Å². The Kier molecular flexibility index (Phi) is 4.19. The summed E-state index contributed by atoms with van der Waals surface area (Å²) in [6.07, 6.45) is 0.926. The number of carboxylic acid groups (broad SMARTS) is 1. The molecule has 0 aliphatic heterocycles. The van der Waals surface area contributed by atoms with Gasteiger partial charge in [-0.2, -0.15) is 13.5 Å². The van der Waals surface area contributed by atoms with Crippen LogP contribution in [-0.4, -0.2) is 36.8 Å². The first-order chi connectivity index (χ1) is 9.85. The lowest BCUT2D eigenvalue weighted by atomic mass is 10.3. The Morgan fingerprint density at radius 1 is 1.48 bits per heavy atom. The molecule has 112 valence electrons. The van der Waals surface area contributed by atoms with Gasteiger partial charge in [0, 0.05) is 4.47 Å². The smallest absolute Gasteiger partial charge is 0.340 e. The van der Waals surface area contributed by atoms with Crippen LogP contribution in [0.25, 0.3) is 0 Å². The number of H-pyrrole nitrogens is 1. The first kappa shape index (κ1) is 15.3. The highest BCUT2D eigenvalue weighted by Gasteiger charge is 2.25. The summed E-state index contributed by atoms with van der Waals surface area (Å²) in [5.74, 6) is -1.11. The summed E-state index contributed by atoms with van der Waals surface area (Å²) in [4.78, 5) is 11.0. The molecule has 2 rings (SSSR count). The molecule has 0 aliphatic carbocycles. The number of carbonyl (C=O) groups is 1. The fourth-order valence-electron chi connectivity index (χ4n) is 1.59. The molecule has 8 nitrogen and oxygen atoms in total. The van der Waals surface area contributed by atoms with Crippen LogP contribution in [0, 0.1) is 0 Å². The van der Waals surface area contributed by atoms with E-state index in [4.69, 9.17) is 9.84 Å². The molecule has 1 aromatic heterocycles. The lowest BCUT2D eigenvalue weighted by Crippen LogP contribution is -2.17. The summed E-state index contributed by atoms with van der Waals surface area (Å²) >= 11 is 3.21. The minimum Gasteiger partial charge on any atom is -0.495 e. The number of halogens is 1. The zero-order valence-corrected chi connectivity index (χ0v) is 13.0. The van der Waals surface area contributed by atoms with Gasteiger partial charge in [0.15, 0.2) is 5.03 Å². The number of benzene rings is 1. The maximum absolute atomic E-state index is 12.3. The molecule has 2 aromatic rings. The zero-order chi connectivity index (χ0) is 15.6. The van der Waals surface area contributed by atoms with Crippen molar-refractivity contribution < 1.29 is 23.1 Å². The number of nitrogens with one attached hydrogen (secondary N) is 2. The van der Waals surface area contributed by atoms with E-state index in [-0.39, 0.29) is 11.4 Å². The van der Waals surface area contributed by atoms with Crippen molar-refractivity contribution in [2.24, 2.45) is 0 Å². The van der Waals surface area contributed by atoms with Gasteiger partial charge in [-0.1, -0.05) is 15.9 Å². The number of aromatic carboxylic acids is 1. The van der Waals surface area contributed by atoms with E-state index in [2.05, 4.69) is 30.8 Å². The third-order valence-electron chi connectivity index (χ3n) is 2.51. The highest BCUT2D eigenvalue weighted by Crippen LogP contribution is 2.30.